The summed E-state index contributed by atoms with van der Waals surface area (Å²) in [6, 6.07) is 0. The fourth-order valence-corrected chi connectivity index (χ4v) is 1.47. The van der Waals surface area contributed by atoms with Crippen molar-refractivity contribution in [2.75, 3.05) is 6.61 Å². The molecule has 0 aromatic rings. The summed E-state index contributed by atoms with van der Waals surface area (Å²) in [5.41, 5.74) is 0.0799. The maximum atomic E-state index is 5.52. The highest BCUT2D eigenvalue weighted by Gasteiger charge is 2.14. The van der Waals surface area contributed by atoms with Gasteiger partial charge in [0.15, 0.2) is 0 Å². The SMILES string of the molecule is CC(C)(C)N=CCCC1CCCO1. The lowest BCUT2D eigenvalue weighted by atomic mass is 10.1. The second-order valence-electron chi connectivity index (χ2n) is 4.69. The van der Waals surface area contributed by atoms with Gasteiger partial charge in [0.2, 0.25) is 0 Å². The van der Waals surface area contributed by atoms with E-state index in [9.17, 15) is 0 Å². The summed E-state index contributed by atoms with van der Waals surface area (Å²) in [6.45, 7) is 7.32. The van der Waals surface area contributed by atoms with E-state index in [0.717, 1.165) is 19.4 Å². The van der Waals surface area contributed by atoms with Gasteiger partial charge in [0.25, 0.3) is 0 Å². The Bertz CT molecular complexity index is 163. The molecule has 13 heavy (non-hydrogen) atoms. The molecule has 0 aromatic heterocycles. The molecule has 1 aliphatic rings. The highest BCUT2D eigenvalue weighted by Crippen LogP contribution is 2.16. The highest BCUT2D eigenvalue weighted by atomic mass is 16.5. The van der Waals surface area contributed by atoms with Gasteiger partial charge in [-0.15, -0.1) is 0 Å². The second-order valence-corrected chi connectivity index (χ2v) is 4.69. The summed E-state index contributed by atoms with van der Waals surface area (Å²) in [7, 11) is 0. The van der Waals surface area contributed by atoms with Crippen LogP contribution in [0.3, 0.4) is 0 Å². The van der Waals surface area contributed by atoms with E-state index in [4.69, 9.17) is 4.74 Å². The predicted molar refractivity (Wildman–Crippen MR) is 56.5 cm³/mol. The van der Waals surface area contributed by atoms with Crippen LogP contribution in [-0.4, -0.2) is 24.5 Å². The van der Waals surface area contributed by atoms with Crippen molar-refractivity contribution >= 4 is 6.21 Å². The monoisotopic (exact) mass is 183 g/mol. The van der Waals surface area contributed by atoms with Crippen molar-refractivity contribution in [3.63, 3.8) is 0 Å². The minimum Gasteiger partial charge on any atom is -0.378 e. The molecule has 1 unspecified atom stereocenters. The van der Waals surface area contributed by atoms with Crippen LogP contribution in [0, 0.1) is 0 Å². The van der Waals surface area contributed by atoms with Gasteiger partial charge in [-0.1, -0.05) is 0 Å². The molecule has 0 N–H and O–H groups in total. The van der Waals surface area contributed by atoms with Gasteiger partial charge in [-0.3, -0.25) is 4.99 Å². The van der Waals surface area contributed by atoms with E-state index in [1.165, 1.54) is 12.8 Å². The largest absolute Gasteiger partial charge is 0.378 e. The summed E-state index contributed by atoms with van der Waals surface area (Å²) in [4.78, 5) is 4.44. The van der Waals surface area contributed by atoms with Crippen LogP contribution in [0.4, 0.5) is 0 Å². The number of aliphatic imine (C=N–C) groups is 1. The van der Waals surface area contributed by atoms with Gasteiger partial charge in [0.1, 0.15) is 0 Å². The average molecular weight is 183 g/mol. The smallest absolute Gasteiger partial charge is 0.0579 e. The van der Waals surface area contributed by atoms with E-state index in [2.05, 4.69) is 25.8 Å². The van der Waals surface area contributed by atoms with E-state index >= 15 is 0 Å². The standard InChI is InChI=1S/C11H21NO/c1-11(2,3)12-8-4-6-10-7-5-9-13-10/h8,10H,4-7,9H2,1-3H3. The predicted octanol–water partition coefficient (Wildman–Crippen LogP) is 2.81. The van der Waals surface area contributed by atoms with Crippen molar-refractivity contribution in [3.8, 4) is 0 Å². The van der Waals surface area contributed by atoms with Crippen LogP contribution in [0.5, 0.6) is 0 Å². The van der Waals surface area contributed by atoms with E-state index < -0.39 is 0 Å². The zero-order valence-corrected chi connectivity index (χ0v) is 9.05. The lowest BCUT2D eigenvalue weighted by Gasteiger charge is -2.11. The van der Waals surface area contributed by atoms with E-state index in [0.29, 0.717) is 6.10 Å². The minimum absolute atomic E-state index is 0.0799. The Hall–Kier alpha value is -0.370. The zero-order chi connectivity index (χ0) is 9.73. The van der Waals surface area contributed by atoms with E-state index in [1.54, 1.807) is 0 Å². The zero-order valence-electron chi connectivity index (χ0n) is 9.05. The van der Waals surface area contributed by atoms with Crippen LogP contribution in [0.2, 0.25) is 0 Å². The van der Waals surface area contributed by atoms with Gasteiger partial charge < -0.3 is 4.74 Å². The van der Waals surface area contributed by atoms with Gasteiger partial charge in [-0.05, 0) is 52.7 Å². The molecule has 2 heteroatoms. The molecule has 0 aromatic carbocycles. The van der Waals surface area contributed by atoms with Crippen molar-refractivity contribution in [1.82, 2.24) is 0 Å². The Morgan fingerprint density at radius 1 is 1.46 bits per heavy atom. The van der Waals surface area contributed by atoms with Crippen molar-refractivity contribution in [1.29, 1.82) is 0 Å². The van der Waals surface area contributed by atoms with Crippen molar-refractivity contribution in [2.24, 2.45) is 4.99 Å². The summed E-state index contributed by atoms with van der Waals surface area (Å²) < 4.78 is 5.52. The third-order valence-electron chi connectivity index (χ3n) is 2.12. The third kappa shape index (κ3) is 5.04. The molecule has 2 nitrogen and oxygen atoms in total. The Kier molecular flexibility index (Phi) is 3.91. The first kappa shape index (κ1) is 10.7. The molecule has 0 radical (unpaired) electrons. The summed E-state index contributed by atoms with van der Waals surface area (Å²) in [5.74, 6) is 0. The molecule has 0 amide bonds. The average Bonchev–Trinajstić information content (AvgIpc) is 2.48. The minimum atomic E-state index is 0.0799. The van der Waals surface area contributed by atoms with Gasteiger partial charge >= 0.3 is 0 Å². The molecule has 1 saturated heterocycles. The maximum Gasteiger partial charge on any atom is 0.0579 e. The van der Waals surface area contributed by atoms with Crippen molar-refractivity contribution in [2.45, 2.75) is 58.1 Å². The molecule has 0 bridgehead atoms. The molecule has 76 valence electrons. The Labute approximate surface area is 81.4 Å². The van der Waals surface area contributed by atoms with E-state index in [-0.39, 0.29) is 5.54 Å². The molecule has 1 fully saturated rings. The van der Waals surface area contributed by atoms with Crippen LogP contribution < -0.4 is 0 Å². The number of nitrogens with zero attached hydrogens (tertiary/aromatic N) is 1. The molecule has 0 saturated carbocycles. The first-order chi connectivity index (χ1) is 6.08. The van der Waals surface area contributed by atoms with Gasteiger partial charge in [0.05, 0.1) is 11.6 Å². The Morgan fingerprint density at radius 3 is 2.77 bits per heavy atom. The normalized spacial score (nSPS) is 24.4. The number of hydrogen-bond acceptors (Lipinski definition) is 2. The first-order valence-corrected chi connectivity index (χ1v) is 5.23. The van der Waals surface area contributed by atoms with Gasteiger partial charge in [0, 0.05) is 6.61 Å². The number of ether oxygens (including phenoxy) is 1. The quantitative estimate of drug-likeness (QED) is 0.616. The fourth-order valence-electron chi connectivity index (χ4n) is 1.47. The van der Waals surface area contributed by atoms with Crippen LogP contribution >= 0.6 is 0 Å². The summed E-state index contributed by atoms with van der Waals surface area (Å²) in [6.07, 6.45) is 7.22. The first-order valence-electron chi connectivity index (χ1n) is 5.23. The third-order valence-corrected chi connectivity index (χ3v) is 2.12. The van der Waals surface area contributed by atoms with Crippen LogP contribution in [-0.2, 0) is 4.74 Å². The molecule has 1 heterocycles. The summed E-state index contributed by atoms with van der Waals surface area (Å²) >= 11 is 0. The van der Waals surface area contributed by atoms with Crippen LogP contribution in [0.15, 0.2) is 4.99 Å². The van der Waals surface area contributed by atoms with Crippen molar-refractivity contribution in [3.05, 3.63) is 0 Å². The fraction of sp³-hybridized carbons (Fsp3) is 0.909. The molecule has 0 spiro atoms. The molecule has 0 aliphatic carbocycles. The lowest BCUT2D eigenvalue weighted by Crippen LogP contribution is -2.10. The number of rotatable bonds is 3. The van der Waals surface area contributed by atoms with Crippen LogP contribution in [0.1, 0.15) is 46.5 Å². The molecular formula is C11H21NO. The van der Waals surface area contributed by atoms with Gasteiger partial charge in [-0.25, -0.2) is 0 Å². The number of hydrogen-bond donors (Lipinski definition) is 0. The molecule has 1 aliphatic heterocycles. The maximum absolute atomic E-state index is 5.52. The highest BCUT2D eigenvalue weighted by molar-refractivity contribution is 5.57. The Morgan fingerprint density at radius 2 is 2.23 bits per heavy atom. The van der Waals surface area contributed by atoms with Crippen molar-refractivity contribution < 1.29 is 4.74 Å². The molecule has 1 atom stereocenters. The Balaban J connectivity index is 2.09. The summed E-state index contributed by atoms with van der Waals surface area (Å²) in [5, 5.41) is 0. The van der Waals surface area contributed by atoms with Gasteiger partial charge in [-0.2, -0.15) is 0 Å². The molecule has 1 rings (SSSR count). The topological polar surface area (TPSA) is 21.6 Å². The van der Waals surface area contributed by atoms with E-state index in [1.807, 2.05) is 6.21 Å². The second kappa shape index (κ2) is 4.75. The lowest BCUT2D eigenvalue weighted by molar-refractivity contribution is 0.106. The van der Waals surface area contributed by atoms with Crippen LogP contribution in [0.25, 0.3) is 0 Å². The molecular weight excluding hydrogens is 162 g/mol.